The predicted molar refractivity (Wildman–Crippen MR) is 174 cm³/mol. The van der Waals surface area contributed by atoms with Crippen LogP contribution in [0.5, 0.6) is 0 Å². The maximum absolute atomic E-state index is 12.9. The summed E-state index contributed by atoms with van der Waals surface area (Å²) in [5.74, 6) is -6.42. The number of carbonyl (C=O) groups is 3. The second kappa shape index (κ2) is 33.3. The van der Waals surface area contributed by atoms with E-state index >= 15 is 0 Å². The maximum atomic E-state index is 12.9. The van der Waals surface area contributed by atoms with E-state index in [9.17, 15) is 29.4 Å². The number of aliphatic hydroxyl groups is 1. The van der Waals surface area contributed by atoms with E-state index in [0.717, 1.165) is 0 Å². The van der Waals surface area contributed by atoms with E-state index in [-0.39, 0.29) is 144 Å². The van der Waals surface area contributed by atoms with Gasteiger partial charge >= 0.3 is 59.1 Å². The summed E-state index contributed by atoms with van der Waals surface area (Å²) in [7, 11) is 9.67. The molecule has 2 amide bonds. The quantitative estimate of drug-likeness (QED) is 0.0739. The first kappa shape index (κ1) is 78.9. The molecule has 0 heterocycles. The molecule has 0 saturated carbocycles. The van der Waals surface area contributed by atoms with Crippen molar-refractivity contribution in [3.63, 3.8) is 0 Å². The summed E-state index contributed by atoms with van der Waals surface area (Å²) in [6.45, 7) is 5.94. The number of aliphatic hydroxyl groups excluding tert-OH is 1. The molecule has 0 aromatic carbocycles. The van der Waals surface area contributed by atoms with Crippen LogP contribution in [-0.4, -0.2) is 105 Å². The van der Waals surface area contributed by atoms with Gasteiger partial charge in [0.05, 0.1) is 35.2 Å². The Balaban J connectivity index is -0.0000000874. The molecular weight excluding hydrogens is 574 g/mol. The molecule has 258 valence electrons. The van der Waals surface area contributed by atoms with Gasteiger partial charge in [0, 0.05) is 17.3 Å². The molecule has 5 N–H and O–H groups in total. The van der Waals surface area contributed by atoms with Crippen molar-refractivity contribution >= 4 is 24.1 Å². The second-order valence-corrected chi connectivity index (χ2v) is 11.0. The molecule has 0 spiro atoms. The normalized spacial score (nSPS) is 12.3. The summed E-state index contributed by atoms with van der Waals surface area (Å²) < 4.78 is 0.918. The Hall–Kier alpha value is -0.0800. The fourth-order valence-electron chi connectivity index (χ4n) is 3.93. The minimum Gasteiger partial charge on any atom is -0.870 e. The van der Waals surface area contributed by atoms with Gasteiger partial charge in [-0.1, -0.05) is 80.2 Å². The average Bonchev–Trinajstić information content (AvgIpc) is 2.59. The van der Waals surface area contributed by atoms with E-state index in [2.05, 4.69) is 5.32 Å². The summed E-state index contributed by atoms with van der Waals surface area (Å²) in [5.41, 5.74) is 4.15. The van der Waals surface area contributed by atoms with Crippen LogP contribution >= 0.6 is 0 Å². The van der Waals surface area contributed by atoms with Crippen LogP contribution in [0.3, 0.4) is 0 Å². The fraction of sp³-hybridized carbons (Fsp3) is 0.867. The number of carbonyl (C=O) groups excluding carboxylic acids is 4. The molecule has 13 heteroatoms. The van der Waals surface area contributed by atoms with Gasteiger partial charge in [0.1, 0.15) is 13.1 Å². The van der Waals surface area contributed by atoms with E-state index in [1.807, 2.05) is 35.2 Å². The van der Waals surface area contributed by atoms with Crippen molar-refractivity contribution in [2.75, 3.05) is 55.0 Å². The van der Waals surface area contributed by atoms with Crippen molar-refractivity contribution < 1.29 is 103 Å². The van der Waals surface area contributed by atoms with Crippen molar-refractivity contribution in [2.45, 2.75) is 99.1 Å². The number of nitrogens with one attached hydrogen (secondary N) is 1. The number of quaternary nitrogens is 2. The summed E-state index contributed by atoms with van der Waals surface area (Å²) in [6.07, 6.45) is 1.02. The van der Waals surface area contributed by atoms with Crippen molar-refractivity contribution in [3.05, 3.63) is 0 Å². The zero-order valence-corrected chi connectivity index (χ0v) is 27.3. The number of nitrogens with zero attached hydrogens (tertiary/aromatic N) is 2. The Bertz CT molecular complexity index is 690. The van der Waals surface area contributed by atoms with Crippen LogP contribution in [0.25, 0.3) is 0 Å². The first-order chi connectivity index (χ1) is 14.4. The molecule has 43 heavy (non-hydrogen) atoms. The molecule has 0 aliphatic heterocycles. The van der Waals surface area contributed by atoms with Crippen LogP contribution in [-0.2, 0) is 19.2 Å². The molecule has 11 nitrogen and oxygen atoms in total. The number of hydrogen-bond acceptors (Lipinski definition) is 7. The Morgan fingerprint density at radius 2 is 1.28 bits per heavy atom. The van der Waals surface area contributed by atoms with Crippen molar-refractivity contribution in [2.24, 2.45) is 28.9 Å². The largest absolute Gasteiger partial charge is 1.00 e. The first-order valence-electron chi connectivity index (χ1n) is 10.8. The van der Waals surface area contributed by atoms with E-state index < -0.39 is 47.1 Å². The van der Waals surface area contributed by atoms with Crippen LogP contribution < -0.4 is 75.3 Å². The van der Waals surface area contributed by atoms with Crippen LogP contribution in [0.4, 0.5) is 0 Å². The number of hydrogen-bond donors (Lipinski definition) is 3. The molecule has 0 aliphatic rings. The monoisotopic (exact) mass is 650 g/mol. The van der Waals surface area contributed by atoms with Crippen molar-refractivity contribution in [1.29, 1.82) is 0 Å². The van der Waals surface area contributed by atoms with Crippen LogP contribution in [0.15, 0.2) is 0 Å². The Morgan fingerprint density at radius 1 is 0.884 bits per heavy atom. The van der Waals surface area contributed by atoms with Gasteiger partial charge < -0.3 is 45.3 Å². The third-order valence-electron chi connectivity index (χ3n) is 5.59. The Labute approximate surface area is 313 Å². The summed E-state index contributed by atoms with van der Waals surface area (Å²) >= 11 is 0. The van der Waals surface area contributed by atoms with Gasteiger partial charge in [0.25, 0.3) is 0 Å². The second-order valence-electron chi connectivity index (χ2n) is 11.0. The van der Waals surface area contributed by atoms with Gasteiger partial charge in [-0.25, -0.2) is 0 Å². The summed E-state index contributed by atoms with van der Waals surface area (Å²) in [5, 5.41) is 24.9. The third kappa shape index (κ3) is 30.3. The number of primary amides is 1. The van der Waals surface area contributed by atoms with E-state index in [1.165, 1.54) is 0 Å². The molecule has 4 unspecified atom stereocenters. The molecule has 0 aromatic heterocycles. The van der Waals surface area contributed by atoms with E-state index in [1.54, 1.807) is 27.1 Å². The molecular formula is C30H75N4Na2O7+. The average molecular weight is 650 g/mol. The summed E-state index contributed by atoms with van der Waals surface area (Å²) in [4.78, 5) is 47.9. The first-order valence-corrected chi connectivity index (χ1v) is 10.8. The van der Waals surface area contributed by atoms with Crippen LogP contribution in [0, 0.1) is 23.2 Å². The number of rotatable bonds is 15. The molecule has 0 saturated heterocycles. The molecule has 0 aliphatic carbocycles. The predicted octanol–water partition coefficient (Wildman–Crippen LogP) is -2.86. The number of amides is 2. The number of nitrogens with two attached hydrogens (primary N) is 1. The van der Waals surface area contributed by atoms with E-state index in [4.69, 9.17) is 5.73 Å². The molecule has 0 radical (unpaired) electrons. The van der Waals surface area contributed by atoms with Gasteiger partial charge in [0.15, 0.2) is 12.8 Å². The van der Waals surface area contributed by atoms with Crippen LogP contribution in [0.2, 0.25) is 0 Å². The zero-order valence-electron chi connectivity index (χ0n) is 23.3. The zero-order chi connectivity index (χ0) is 25.5. The number of aliphatic carboxylic acids is 1. The van der Waals surface area contributed by atoms with Gasteiger partial charge in [-0.3, -0.25) is 15.9 Å². The maximum Gasteiger partial charge on any atom is 1.00 e. The number of likely N-dealkylation sites (N-methyl/N-ethyl adjacent to an activating group) is 2. The van der Waals surface area contributed by atoms with Gasteiger partial charge in [-0.05, 0) is 18.8 Å². The van der Waals surface area contributed by atoms with E-state index in [0.29, 0.717) is 22.1 Å². The molecule has 0 aromatic rings. The topological polar surface area (TPSA) is 180 Å². The van der Waals surface area contributed by atoms with Gasteiger partial charge in [0.2, 0.25) is 11.8 Å². The molecule has 0 bridgehead atoms. The third-order valence-corrected chi connectivity index (χ3v) is 5.59. The van der Waals surface area contributed by atoms with Gasteiger partial charge in [-0.2, -0.15) is 0 Å². The van der Waals surface area contributed by atoms with Crippen molar-refractivity contribution in [3.8, 4) is 0 Å². The van der Waals surface area contributed by atoms with Gasteiger partial charge in [-0.15, -0.1) is 5.92 Å². The van der Waals surface area contributed by atoms with Crippen molar-refractivity contribution in [1.82, 2.24) is 5.32 Å². The minimum absolute atomic E-state index is 0. The number of carboxylic acid groups (broad SMARTS) is 1. The fourth-order valence-corrected chi connectivity index (χ4v) is 3.93. The number of carboxylic acids is 1. The molecule has 0 rings (SSSR count). The SMILES string of the molecule is C.C.C.C.C.C.C.C.CCC(C(N)=O)C([C-]=O)C(CC(C)(C)C(=O)NC[N+](C)(C)CC(O)C[N+](C)(C)C)C(=O)[O-].[Na+].[Na+].[OH-]. The Kier molecular flexibility index (Phi) is 61.1. The standard InChI is InChI=1S/C22H42N4O6.8CH4.2Na.H2O/c1-9-16(19(23)29)18(13-27)17(20(30)31)10-22(2,3)21(32)24-14-26(7,8)12-15(28)11-25(4,5)6;;;;;;;;;;;/h15-18,28H,9-12,14H2,1-8H3,(H3-,23,24,29,30,31,32);8*1H4;;;1H2/q;;;;;;;;;2*+1;/p-1. The molecule has 0 fully saturated rings. The van der Waals surface area contributed by atoms with Crippen LogP contribution in [0.1, 0.15) is 93.0 Å². The Morgan fingerprint density at radius 3 is 1.56 bits per heavy atom. The molecule has 4 atom stereocenters. The minimum atomic E-state index is -1.53. The smallest absolute Gasteiger partial charge is 0.870 e. The summed E-state index contributed by atoms with van der Waals surface area (Å²) in [6, 6.07) is 0.